The van der Waals surface area contributed by atoms with Crippen LogP contribution in [-0.4, -0.2) is 112 Å². The van der Waals surface area contributed by atoms with Gasteiger partial charge in [0.25, 0.3) is 29.5 Å². The van der Waals surface area contributed by atoms with E-state index in [1.165, 1.54) is 29.2 Å². The summed E-state index contributed by atoms with van der Waals surface area (Å²) in [7, 11) is 0. The number of hydrogen-bond acceptors (Lipinski definition) is 14. The van der Waals surface area contributed by atoms with Gasteiger partial charge in [-0.05, 0) is 42.3 Å². The largest absolute Gasteiger partial charge is 0.370 e. The van der Waals surface area contributed by atoms with Crippen LogP contribution in [0.3, 0.4) is 0 Å². The molecule has 0 spiro atoms. The number of nitrogens with two attached hydrogens (primary N) is 5. The molecule has 30 heteroatoms. The summed E-state index contributed by atoms with van der Waals surface area (Å²) in [4.78, 5) is 91.4. The third-order valence-electron chi connectivity index (χ3n) is 9.34. The minimum Gasteiger partial charge on any atom is -0.370 e. The number of nitrogens with one attached hydrogen (secondary N) is 13. The molecule has 6 atom stereocenters. The Bertz CT molecular complexity index is 2570. The van der Waals surface area contributed by atoms with E-state index in [0.29, 0.717) is 39.0 Å². The van der Waals surface area contributed by atoms with Gasteiger partial charge in [0.15, 0.2) is 48.5 Å². The zero-order valence-electron chi connectivity index (χ0n) is 37.3. The molecule has 71 heavy (non-hydrogen) atoms. The molecule has 3 aromatic carbocycles. The molecule has 0 bridgehead atoms. The van der Waals surface area contributed by atoms with Gasteiger partial charge in [-0.2, -0.15) is 0 Å². The maximum Gasteiger partial charge on any atom is 0.271 e. The average Bonchev–Trinajstić information content (AvgIpc) is 3.31. The highest BCUT2D eigenvalue weighted by Gasteiger charge is 2.35. The molecule has 0 saturated heterocycles. The van der Waals surface area contributed by atoms with Gasteiger partial charge in [-0.1, -0.05) is 84.7 Å². The maximum atomic E-state index is 14.2. The lowest BCUT2D eigenvalue weighted by Gasteiger charge is -2.30. The molecule has 1 heterocycles. The van der Waals surface area contributed by atoms with Crippen LogP contribution in [-0.2, 0) is 28.8 Å². The summed E-state index contributed by atoms with van der Waals surface area (Å²) in [5.74, 6) is -11.0. The molecular formula is C41H51Cl2N21O7. The second-order valence-electron chi connectivity index (χ2n) is 14.8. The number of benzene rings is 3. The second-order valence-corrected chi connectivity index (χ2v) is 15.6. The fourth-order valence-corrected chi connectivity index (χ4v) is 6.43. The first-order chi connectivity index (χ1) is 33.6. The number of hydrogen-bond donors (Lipinski definition) is 19. The van der Waals surface area contributed by atoms with Crippen molar-refractivity contribution in [2.75, 3.05) is 11.4 Å². The van der Waals surface area contributed by atoms with Crippen molar-refractivity contribution in [3.8, 4) is 22.5 Å². The summed E-state index contributed by atoms with van der Waals surface area (Å²) in [6, 6.07) is 21.2. The molecule has 28 nitrogen and oxygen atoms in total. The minimum absolute atomic E-state index is 0.0237. The van der Waals surface area contributed by atoms with Crippen LogP contribution < -0.4 is 81.4 Å². The summed E-state index contributed by atoms with van der Waals surface area (Å²) in [5, 5.41) is 62.7. The topological polar surface area (TPSA) is 485 Å². The van der Waals surface area contributed by atoms with E-state index in [1.54, 1.807) is 67.6 Å². The average molecular weight is 1020 g/mol. The number of primary amides is 1. The molecule has 4 aromatic rings. The Kier molecular flexibility index (Phi) is 19.5. The maximum absolute atomic E-state index is 14.2. The van der Waals surface area contributed by atoms with Crippen LogP contribution in [0, 0.1) is 21.6 Å². The van der Waals surface area contributed by atoms with Crippen molar-refractivity contribution in [3.63, 3.8) is 0 Å². The van der Waals surface area contributed by atoms with Crippen LogP contribution in [0.15, 0.2) is 84.9 Å². The molecule has 0 saturated carbocycles. The van der Waals surface area contributed by atoms with Gasteiger partial charge < -0.3 is 86.5 Å². The van der Waals surface area contributed by atoms with E-state index in [0.717, 1.165) is 0 Å². The Hall–Kier alpha value is -9.02. The Labute approximate surface area is 413 Å². The zero-order valence-corrected chi connectivity index (χ0v) is 38.9. The Morgan fingerprint density at radius 3 is 1.31 bits per heavy atom. The lowest BCUT2D eigenvalue weighted by Crippen LogP contribution is -2.68. The van der Waals surface area contributed by atoms with Crippen molar-refractivity contribution in [2.45, 2.75) is 50.3 Å². The summed E-state index contributed by atoms with van der Waals surface area (Å²) >= 11 is 12.3. The Morgan fingerprint density at radius 1 is 0.549 bits per heavy atom. The van der Waals surface area contributed by atoms with Crippen LogP contribution >= 0.6 is 23.2 Å². The minimum atomic E-state index is -2.09. The van der Waals surface area contributed by atoms with Gasteiger partial charge in [0.1, 0.15) is 6.04 Å². The zero-order chi connectivity index (χ0) is 52.5. The van der Waals surface area contributed by atoms with E-state index in [9.17, 15) is 33.9 Å². The molecule has 0 fully saturated rings. The quantitative estimate of drug-likeness (QED) is 0.0208. The summed E-state index contributed by atoms with van der Waals surface area (Å²) < 4.78 is 0. The van der Waals surface area contributed by atoms with E-state index in [1.807, 2.05) is 5.32 Å². The van der Waals surface area contributed by atoms with Crippen LogP contribution in [0.4, 0.5) is 5.95 Å². The van der Waals surface area contributed by atoms with E-state index in [-0.39, 0.29) is 18.1 Å². The van der Waals surface area contributed by atoms with Crippen LogP contribution in [0.1, 0.15) is 24.9 Å². The van der Waals surface area contributed by atoms with Gasteiger partial charge in [0, 0.05) is 27.7 Å². The van der Waals surface area contributed by atoms with Gasteiger partial charge in [0.05, 0.1) is 11.4 Å². The molecule has 6 unspecified atom stereocenters. The second kappa shape index (κ2) is 25.4. The van der Waals surface area contributed by atoms with Crippen LogP contribution in [0.2, 0.25) is 10.0 Å². The smallest absolute Gasteiger partial charge is 0.271 e. The fraction of sp³-hybridized carbons (Fsp3) is 0.220. The molecule has 0 aliphatic heterocycles. The van der Waals surface area contributed by atoms with E-state index >= 15 is 0 Å². The van der Waals surface area contributed by atoms with Crippen molar-refractivity contribution < 1.29 is 33.9 Å². The van der Waals surface area contributed by atoms with Crippen LogP contribution in [0.5, 0.6) is 0 Å². The molecular weight excluding hydrogens is 969 g/mol. The predicted molar refractivity (Wildman–Crippen MR) is 261 cm³/mol. The number of carbonyl (C=O) groups excluding carboxylic acids is 6. The normalized spacial score (nSPS) is 13.1. The molecule has 0 aliphatic carbocycles. The molecule has 376 valence electrons. The number of guanidine groups is 4. The van der Waals surface area contributed by atoms with Crippen LogP contribution in [0.25, 0.3) is 22.5 Å². The van der Waals surface area contributed by atoms with E-state index in [2.05, 4.69) is 42.5 Å². The first-order valence-electron chi connectivity index (χ1n) is 20.7. The number of carbonyl (C=O) groups is 6. The number of halogens is 2. The van der Waals surface area contributed by atoms with Crippen molar-refractivity contribution in [3.05, 3.63) is 101 Å². The van der Waals surface area contributed by atoms with Crippen molar-refractivity contribution in [1.82, 2.24) is 57.8 Å². The van der Waals surface area contributed by atoms with Gasteiger partial charge in [-0.15, -0.1) is 0 Å². The number of amides is 6. The van der Waals surface area contributed by atoms with E-state index in [4.69, 9.17) is 83.5 Å². The number of anilines is 1. The summed E-state index contributed by atoms with van der Waals surface area (Å²) in [6.45, 7) is 1.80. The lowest BCUT2D eigenvalue weighted by atomic mass is 10.1. The van der Waals surface area contributed by atoms with Crippen molar-refractivity contribution in [2.24, 2.45) is 28.7 Å². The third kappa shape index (κ3) is 16.3. The number of rotatable bonds is 22. The Morgan fingerprint density at radius 2 is 0.930 bits per heavy atom. The highest BCUT2D eigenvalue weighted by atomic mass is 35.5. The lowest BCUT2D eigenvalue weighted by molar-refractivity contribution is -0.136. The first kappa shape index (κ1) is 54.6. The fourth-order valence-electron chi connectivity index (χ4n) is 6.18. The molecule has 1 aromatic heterocycles. The van der Waals surface area contributed by atoms with Gasteiger partial charge in [0.2, 0.25) is 18.1 Å². The summed E-state index contributed by atoms with van der Waals surface area (Å²) in [5.41, 5.74) is 29.1. The number of aliphatic hydroxyl groups excluding tert-OH is 1. The molecule has 4 rings (SSSR count). The van der Waals surface area contributed by atoms with E-state index < -0.39 is 96.2 Å². The number of aromatic nitrogens is 2. The SMILES string of the molecule is CCCN(c1nc(-c2ccc(Cl)cc2)cc(-c2ccc(Cl)cc2)n1)C(O)C(=O)NC(C(=O)NC(NC(=N)N)C(=O)NC(NC(=N)N)C(=O)NC(NC(=N)N)C(=O)NC(NC(=N)N)C(N)=O)c1ccccc1. The highest BCUT2D eigenvalue weighted by Crippen LogP contribution is 2.29. The molecule has 6 amide bonds. The third-order valence-corrected chi connectivity index (χ3v) is 9.85. The molecule has 0 radical (unpaired) electrons. The first-order valence-corrected chi connectivity index (χ1v) is 21.5. The Balaban J connectivity index is 1.64. The number of aliphatic hydroxyl groups is 1. The summed E-state index contributed by atoms with van der Waals surface area (Å²) in [6.07, 6.45) is -9.63. The standard InChI is InChI=1S/C41H51Cl2N21O7/c1-2-16-64(41-53-23(18-8-12-21(42)13-9-18)17-24(54-41)19-10-14-22(43)15-11-19)36(71)35(70)55-25(20-6-4-3-5-7-20)31(66)57-28(61-38(47)48)33(68)59-30(63-40(51)52)34(69)58-29(62-39(49)50)32(67)56-27(26(44)65)60-37(45)46/h3-15,17,25,27-30,36,71H,2,16H2,1H3,(H2,44,65)(H,55,70)(H,56,67)(H,57,66)(H,58,69)(H,59,68)(H4,45,46,60)(H4,47,48,61)(H4,49,50,62)(H4,51,52,63). The van der Waals surface area contributed by atoms with Crippen molar-refractivity contribution >= 4 is 88.4 Å². The van der Waals surface area contributed by atoms with Crippen molar-refractivity contribution in [1.29, 1.82) is 21.6 Å². The molecule has 0 aliphatic rings. The monoisotopic (exact) mass is 1020 g/mol. The highest BCUT2D eigenvalue weighted by molar-refractivity contribution is 6.31. The predicted octanol–water partition coefficient (Wildman–Crippen LogP) is -3.30. The molecule has 24 N–H and O–H groups in total. The van der Waals surface area contributed by atoms with Gasteiger partial charge in [-0.3, -0.25) is 50.4 Å². The van der Waals surface area contributed by atoms with Gasteiger partial charge in [-0.25, -0.2) is 9.97 Å². The van der Waals surface area contributed by atoms with Gasteiger partial charge >= 0.3 is 0 Å². The number of nitrogens with zero attached hydrogens (tertiary/aromatic N) is 3.